The number of aliphatic hydroxyl groups excluding tert-OH is 1. The lowest BCUT2D eigenvalue weighted by Crippen LogP contribution is -2.36. The zero-order chi connectivity index (χ0) is 22.1. The first-order valence-electron chi connectivity index (χ1n) is 12.2. The molecule has 2 nitrogen and oxygen atoms in total. The van der Waals surface area contributed by atoms with E-state index in [9.17, 15) is 10.2 Å². The lowest BCUT2D eigenvalue weighted by atomic mass is 9.60. The van der Waals surface area contributed by atoms with E-state index in [4.69, 9.17) is 0 Å². The zero-order valence-electron chi connectivity index (χ0n) is 19.8. The first-order valence-corrected chi connectivity index (χ1v) is 12.2. The number of hydrogen-bond donors (Lipinski definition) is 2. The quantitative estimate of drug-likeness (QED) is 0.466. The Hall–Kier alpha value is -1.12. The maximum absolute atomic E-state index is 10.3. The Morgan fingerprint density at radius 2 is 1.90 bits per heavy atom. The van der Waals surface area contributed by atoms with Crippen molar-refractivity contribution in [3.05, 3.63) is 47.6 Å². The minimum absolute atomic E-state index is 0.411. The molecule has 3 aliphatic rings. The number of allylic oxidation sites excluding steroid dienone is 3. The third kappa shape index (κ3) is 5.02. The molecule has 3 fully saturated rings. The summed E-state index contributed by atoms with van der Waals surface area (Å²) in [4.78, 5) is 0. The van der Waals surface area contributed by atoms with Gasteiger partial charge in [0.2, 0.25) is 0 Å². The summed E-state index contributed by atoms with van der Waals surface area (Å²) in [5.74, 6) is 2.20. The van der Waals surface area contributed by atoms with Crippen LogP contribution < -0.4 is 0 Å². The number of fused-ring (bicyclic) bond motifs is 1. The first-order chi connectivity index (χ1) is 14.0. The van der Waals surface area contributed by atoms with Crippen LogP contribution in [-0.2, 0) is 0 Å². The van der Waals surface area contributed by atoms with E-state index in [1.165, 1.54) is 44.1 Å². The fourth-order valence-corrected chi connectivity index (χ4v) is 6.68. The maximum Gasteiger partial charge on any atom is 0.0995 e. The van der Waals surface area contributed by atoms with Crippen molar-refractivity contribution in [2.75, 3.05) is 0 Å². The van der Waals surface area contributed by atoms with E-state index in [2.05, 4.69) is 39.2 Å². The van der Waals surface area contributed by atoms with Gasteiger partial charge in [0.1, 0.15) is 0 Å². The molecule has 3 aliphatic carbocycles. The molecule has 0 aromatic heterocycles. The summed E-state index contributed by atoms with van der Waals surface area (Å²) in [6, 6.07) is 0. The van der Waals surface area contributed by atoms with Crippen molar-refractivity contribution in [1.82, 2.24) is 0 Å². The van der Waals surface area contributed by atoms with Gasteiger partial charge in [0.05, 0.1) is 11.7 Å². The Morgan fingerprint density at radius 1 is 1.17 bits per heavy atom. The molecule has 2 heteroatoms. The molecule has 0 aromatic rings. The standard InChI is InChI=1S/C28H44O2/c1-19(9-7-17-27(4,5)30)24-15-16-25-23(10-8-18-28(24,25)6)14-13-22-12-11-20(2)26(29)21(22)3/h13-14,19,24-26,29-30H,2-3,7-12,15-18H2,1,4-6H3/b22-13-,23-14+/t19-,24?,25?,26?,28?/m1/s1. The van der Waals surface area contributed by atoms with Crippen molar-refractivity contribution in [2.24, 2.45) is 23.2 Å². The second-order valence-electron chi connectivity index (χ2n) is 11.3. The van der Waals surface area contributed by atoms with Crippen LogP contribution in [0.3, 0.4) is 0 Å². The summed E-state index contributed by atoms with van der Waals surface area (Å²) >= 11 is 0. The second-order valence-corrected chi connectivity index (χ2v) is 11.3. The second kappa shape index (κ2) is 9.17. The van der Waals surface area contributed by atoms with Crippen molar-refractivity contribution >= 4 is 0 Å². The van der Waals surface area contributed by atoms with Gasteiger partial charge < -0.3 is 10.2 Å². The van der Waals surface area contributed by atoms with Crippen LogP contribution in [0.25, 0.3) is 0 Å². The predicted octanol–water partition coefficient (Wildman–Crippen LogP) is 6.90. The lowest BCUT2D eigenvalue weighted by molar-refractivity contribution is 0.0597. The van der Waals surface area contributed by atoms with Crippen molar-refractivity contribution in [3.8, 4) is 0 Å². The Bertz CT molecular complexity index is 719. The highest BCUT2D eigenvalue weighted by molar-refractivity contribution is 5.43. The molecule has 30 heavy (non-hydrogen) atoms. The Labute approximate surface area is 184 Å². The SMILES string of the molecule is C=C1CC/C(=C/C=C2\CCCC3(C)C2CCC3[C@H](C)CCCC(C)(C)O)C(=C)C1O. The van der Waals surface area contributed by atoms with Gasteiger partial charge >= 0.3 is 0 Å². The largest absolute Gasteiger partial charge is 0.390 e. The average Bonchev–Trinajstić information content (AvgIpc) is 3.02. The van der Waals surface area contributed by atoms with E-state index < -0.39 is 11.7 Å². The van der Waals surface area contributed by atoms with Crippen LogP contribution >= 0.6 is 0 Å². The molecule has 0 heterocycles. The molecule has 0 aromatic carbocycles. The molecular weight excluding hydrogens is 368 g/mol. The summed E-state index contributed by atoms with van der Waals surface area (Å²) in [5, 5.41) is 20.3. The molecule has 0 spiro atoms. The molecule has 5 atom stereocenters. The van der Waals surface area contributed by atoms with E-state index >= 15 is 0 Å². The third-order valence-corrected chi connectivity index (χ3v) is 8.52. The zero-order valence-corrected chi connectivity index (χ0v) is 19.8. The highest BCUT2D eigenvalue weighted by atomic mass is 16.3. The number of hydrogen-bond acceptors (Lipinski definition) is 2. The van der Waals surface area contributed by atoms with Crippen molar-refractivity contribution in [3.63, 3.8) is 0 Å². The topological polar surface area (TPSA) is 40.5 Å². The van der Waals surface area contributed by atoms with Crippen LogP contribution in [0, 0.1) is 23.2 Å². The number of rotatable bonds is 6. The molecule has 0 saturated heterocycles. The van der Waals surface area contributed by atoms with Crippen LogP contribution in [0.4, 0.5) is 0 Å². The van der Waals surface area contributed by atoms with Crippen molar-refractivity contribution < 1.29 is 10.2 Å². The van der Waals surface area contributed by atoms with Crippen LogP contribution in [0.15, 0.2) is 47.6 Å². The molecule has 168 valence electrons. The van der Waals surface area contributed by atoms with Crippen LogP contribution in [0.5, 0.6) is 0 Å². The monoisotopic (exact) mass is 412 g/mol. The molecule has 2 N–H and O–H groups in total. The van der Waals surface area contributed by atoms with Gasteiger partial charge in [-0.05, 0) is 105 Å². The highest BCUT2D eigenvalue weighted by Gasteiger charge is 2.50. The summed E-state index contributed by atoms with van der Waals surface area (Å²) < 4.78 is 0. The summed E-state index contributed by atoms with van der Waals surface area (Å²) in [5.41, 5.74) is 4.42. The first kappa shape index (κ1) is 23.5. The summed E-state index contributed by atoms with van der Waals surface area (Å²) in [6.45, 7) is 16.9. The number of aliphatic hydroxyl groups is 2. The molecule has 3 saturated carbocycles. The molecule has 0 amide bonds. The van der Waals surface area contributed by atoms with Gasteiger partial charge in [-0.15, -0.1) is 0 Å². The Balaban J connectivity index is 1.70. The van der Waals surface area contributed by atoms with Gasteiger partial charge in [-0.25, -0.2) is 0 Å². The predicted molar refractivity (Wildman–Crippen MR) is 127 cm³/mol. The molecule has 3 rings (SSSR count). The van der Waals surface area contributed by atoms with E-state index in [0.29, 0.717) is 11.3 Å². The molecular formula is C28H44O2. The Morgan fingerprint density at radius 3 is 2.60 bits per heavy atom. The minimum Gasteiger partial charge on any atom is -0.390 e. The van der Waals surface area contributed by atoms with E-state index in [0.717, 1.165) is 48.7 Å². The lowest BCUT2D eigenvalue weighted by Gasteiger charge is -2.44. The minimum atomic E-state index is -0.569. The highest BCUT2D eigenvalue weighted by Crippen LogP contribution is 2.60. The van der Waals surface area contributed by atoms with E-state index in [1.807, 2.05) is 13.8 Å². The van der Waals surface area contributed by atoms with Crippen LogP contribution in [0.2, 0.25) is 0 Å². The van der Waals surface area contributed by atoms with Crippen molar-refractivity contribution in [1.29, 1.82) is 0 Å². The summed E-state index contributed by atoms with van der Waals surface area (Å²) in [6.07, 6.45) is 15.6. The van der Waals surface area contributed by atoms with Crippen LogP contribution in [0.1, 0.15) is 91.9 Å². The molecule has 0 aliphatic heterocycles. The molecule has 0 bridgehead atoms. The van der Waals surface area contributed by atoms with Gasteiger partial charge in [-0.2, -0.15) is 0 Å². The Kier molecular flexibility index (Phi) is 7.19. The van der Waals surface area contributed by atoms with Crippen molar-refractivity contribution in [2.45, 2.75) is 104 Å². The van der Waals surface area contributed by atoms with Gasteiger partial charge in [0.25, 0.3) is 0 Å². The fraction of sp³-hybridized carbons (Fsp3) is 0.714. The van der Waals surface area contributed by atoms with Gasteiger partial charge in [-0.1, -0.05) is 57.6 Å². The van der Waals surface area contributed by atoms with Gasteiger partial charge in [0.15, 0.2) is 0 Å². The van der Waals surface area contributed by atoms with E-state index in [1.54, 1.807) is 5.57 Å². The summed E-state index contributed by atoms with van der Waals surface area (Å²) in [7, 11) is 0. The smallest absolute Gasteiger partial charge is 0.0995 e. The normalized spacial score (nSPS) is 36.4. The third-order valence-electron chi connectivity index (χ3n) is 8.52. The average molecular weight is 413 g/mol. The van der Waals surface area contributed by atoms with Gasteiger partial charge in [0, 0.05) is 0 Å². The molecule has 4 unspecified atom stereocenters. The van der Waals surface area contributed by atoms with Crippen LogP contribution in [-0.4, -0.2) is 21.9 Å². The van der Waals surface area contributed by atoms with Gasteiger partial charge in [-0.3, -0.25) is 0 Å². The fourth-order valence-electron chi connectivity index (χ4n) is 6.68. The van der Waals surface area contributed by atoms with E-state index in [-0.39, 0.29) is 0 Å². The molecule has 0 radical (unpaired) electrons. The maximum atomic E-state index is 10.3.